The summed E-state index contributed by atoms with van der Waals surface area (Å²) in [4.78, 5) is 32.4. The molecule has 0 heterocycles. The summed E-state index contributed by atoms with van der Waals surface area (Å²) in [5.74, 6) is -1.18. The lowest BCUT2D eigenvalue weighted by Crippen LogP contribution is -2.35. The SMILES string of the molecule is CC(C)=C[C@H](CNC(=O)OC(C)(C)C)CC(=O)O.CC(C)C[C@H](CN)CC(=O)O. The van der Waals surface area contributed by atoms with Crippen LogP contribution in [0.4, 0.5) is 4.79 Å². The Kier molecular flexibility index (Phi) is 14.9. The van der Waals surface area contributed by atoms with Crippen molar-refractivity contribution in [1.29, 1.82) is 0 Å². The smallest absolute Gasteiger partial charge is 0.407 e. The van der Waals surface area contributed by atoms with Crippen LogP contribution in [-0.2, 0) is 14.3 Å². The molecule has 0 fully saturated rings. The molecule has 0 aromatic carbocycles. The van der Waals surface area contributed by atoms with Crippen LogP contribution >= 0.6 is 0 Å². The van der Waals surface area contributed by atoms with E-state index in [1.165, 1.54) is 0 Å². The zero-order valence-electron chi connectivity index (χ0n) is 18.9. The van der Waals surface area contributed by atoms with Crippen molar-refractivity contribution in [3.05, 3.63) is 11.6 Å². The minimum Gasteiger partial charge on any atom is -0.481 e. The van der Waals surface area contributed by atoms with Crippen molar-refractivity contribution in [3.8, 4) is 0 Å². The van der Waals surface area contributed by atoms with Crippen molar-refractivity contribution in [2.75, 3.05) is 13.1 Å². The van der Waals surface area contributed by atoms with Crippen LogP contribution in [0.1, 0.15) is 67.7 Å². The van der Waals surface area contributed by atoms with Crippen molar-refractivity contribution in [2.24, 2.45) is 23.5 Å². The lowest BCUT2D eigenvalue weighted by atomic mass is 9.94. The topological polar surface area (TPSA) is 139 Å². The van der Waals surface area contributed by atoms with E-state index in [0.29, 0.717) is 12.5 Å². The highest BCUT2D eigenvalue weighted by molar-refractivity contribution is 5.69. The lowest BCUT2D eigenvalue weighted by Gasteiger charge is -2.20. The van der Waals surface area contributed by atoms with Gasteiger partial charge in [0.25, 0.3) is 0 Å². The fraction of sp³-hybridized carbons (Fsp3) is 0.762. The molecule has 0 aliphatic rings. The Morgan fingerprint density at radius 3 is 1.93 bits per heavy atom. The molecular weight excluding hydrogens is 376 g/mol. The van der Waals surface area contributed by atoms with Gasteiger partial charge in [0.15, 0.2) is 0 Å². The molecule has 0 radical (unpaired) electrons. The zero-order chi connectivity index (χ0) is 23.2. The molecule has 170 valence electrons. The van der Waals surface area contributed by atoms with Gasteiger partial charge in [-0.1, -0.05) is 25.5 Å². The third-order valence-corrected chi connectivity index (χ3v) is 3.51. The van der Waals surface area contributed by atoms with Gasteiger partial charge in [-0.05, 0) is 59.4 Å². The summed E-state index contributed by atoms with van der Waals surface area (Å²) in [5.41, 5.74) is 5.87. The Bertz CT molecular complexity index is 534. The monoisotopic (exact) mass is 416 g/mol. The average Bonchev–Trinajstić information content (AvgIpc) is 2.49. The number of carbonyl (C=O) groups is 3. The predicted molar refractivity (Wildman–Crippen MR) is 114 cm³/mol. The van der Waals surface area contributed by atoms with Crippen molar-refractivity contribution in [2.45, 2.75) is 73.3 Å². The maximum atomic E-state index is 11.4. The molecule has 0 rings (SSSR count). The first-order valence-electron chi connectivity index (χ1n) is 9.91. The number of nitrogens with one attached hydrogen (secondary N) is 1. The molecule has 0 aromatic rings. The van der Waals surface area contributed by atoms with Crippen LogP contribution in [0, 0.1) is 17.8 Å². The van der Waals surface area contributed by atoms with Crippen LogP contribution in [0.3, 0.4) is 0 Å². The molecule has 0 saturated carbocycles. The molecular formula is C21H40N2O6. The van der Waals surface area contributed by atoms with Crippen LogP contribution in [0.15, 0.2) is 11.6 Å². The summed E-state index contributed by atoms with van der Waals surface area (Å²) in [5, 5.41) is 19.8. The summed E-state index contributed by atoms with van der Waals surface area (Å²) in [6.07, 6.45) is 2.41. The van der Waals surface area contributed by atoms with E-state index in [0.717, 1.165) is 12.0 Å². The number of hydrogen-bond acceptors (Lipinski definition) is 5. The van der Waals surface area contributed by atoms with Gasteiger partial charge in [0.2, 0.25) is 0 Å². The molecule has 8 nitrogen and oxygen atoms in total. The molecule has 8 heteroatoms. The number of nitrogens with two attached hydrogens (primary N) is 1. The standard InChI is InChI=1S/C13H23NO4.C8H17NO2/c1-9(2)6-10(7-11(15)16)8-14-12(17)18-13(3,4)5;1-6(2)3-7(5-9)4-8(10)11/h6,10H,7-8H2,1-5H3,(H,14,17)(H,15,16);6-7H,3-5,9H2,1-2H3,(H,10,11)/t10-;7-/m00/s1. The van der Waals surface area contributed by atoms with Gasteiger partial charge in [0.05, 0.1) is 6.42 Å². The minimum atomic E-state index is -0.886. The number of amides is 1. The Morgan fingerprint density at radius 2 is 1.59 bits per heavy atom. The predicted octanol–water partition coefficient (Wildman–Crippen LogP) is 3.65. The highest BCUT2D eigenvalue weighted by atomic mass is 16.6. The summed E-state index contributed by atoms with van der Waals surface area (Å²) in [6, 6.07) is 0. The number of carbonyl (C=O) groups excluding carboxylic acids is 1. The van der Waals surface area contributed by atoms with Gasteiger partial charge < -0.3 is 26.0 Å². The number of hydrogen-bond donors (Lipinski definition) is 4. The quantitative estimate of drug-likeness (QED) is 0.399. The Hall–Kier alpha value is -2.09. The van der Waals surface area contributed by atoms with E-state index < -0.39 is 23.6 Å². The average molecular weight is 417 g/mol. The molecule has 0 aromatic heterocycles. The number of aliphatic carboxylic acids is 2. The van der Waals surface area contributed by atoms with Crippen LogP contribution in [0.25, 0.3) is 0 Å². The second-order valence-corrected chi connectivity index (χ2v) is 8.81. The van der Waals surface area contributed by atoms with Crippen LogP contribution in [0.5, 0.6) is 0 Å². The second kappa shape index (κ2) is 14.8. The molecule has 0 unspecified atom stereocenters. The second-order valence-electron chi connectivity index (χ2n) is 8.81. The number of allylic oxidation sites excluding steroid dienone is 1. The molecule has 2 atom stereocenters. The molecule has 0 bridgehead atoms. The largest absolute Gasteiger partial charge is 0.481 e. The van der Waals surface area contributed by atoms with Gasteiger partial charge >= 0.3 is 18.0 Å². The molecule has 0 aliphatic carbocycles. The van der Waals surface area contributed by atoms with Crippen LogP contribution in [-0.4, -0.2) is 46.9 Å². The fourth-order valence-corrected chi connectivity index (χ4v) is 2.59. The summed E-state index contributed by atoms with van der Waals surface area (Å²) in [6.45, 7) is 14.0. The Labute approximate surface area is 174 Å². The number of carboxylic acids is 2. The van der Waals surface area contributed by atoms with Gasteiger partial charge in [0, 0.05) is 18.9 Å². The van der Waals surface area contributed by atoms with E-state index >= 15 is 0 Å². The number of ether oxygens (including phenoxy) is 1. The van der Waals surface area contributed by atoms with Gasteiger partial charge in [-0.2, -0.15) is 0 Å². The van der Waals surface area contributed by atoms with E-state index in [9.17, 15) is 14.4 Å². The zero-order valence-corrected chi connectivity index (χ0v) is 18.9. The molecule has 0 aliphatic heterocycles. The maximum absolute atomic E-state index is 11.4. The highest BCUT2D eigenvalue weighted by Crippen LogP contribution is 2.13. The molecule has 29 heavy (non-hydrogen) atoms. The van der Waals surface area contributed by atoms with Crippen molar-refractivity contribution >= 4 is 18.0 Å². The third kappa shape index (κ3) is 22.1. The van der Waals surface area contributed by atoms with E-state index in [-0.39, 0.29) is 31.2 Å². The van der Waals surface area contributed by atoms with Gasteiger partial charge in [-0.15, -0.1) is 0 Å². The fourth-order valence-electron chi connectivity index (χ4n) is 2.59. The number of carboxylic acid groups (broad SMARTS) is 2. The molecule has 1 amide bonds. The van der Waals surface area contributed by atoms with Crippen molar-refractivity contribution in [3.63, 3.8) is 0 Å². The minimum absolute atomic E-state index is 0.0129. The Morgan fingerprint density at radius 1 is 1.07 bits per heavy atom. The summed E-state index contributed by atoms with van der Waals surface area (Å²) >= 11 is 0. The van der Waals surface area contributed by atoms with E-state index in [1.54, 1.807) is 20.8 Å². The number of alkyl carbamates (subject to hydrolysis) is 1. The van der Waals surface area contributed by atoms with Gasteiger partial charge in [-0.25, -0.2) is 4.79 Å². The normalized spacial score (nSPS) is 12.9. The maximum Gasteiger partial charge on any atom is 0.407 e. The van der Waals surface area contributed by atoms with Gasteiger partial charge in [0.1, 0.15) is 5.60 Å². The molecule has 0 saturated heterocycles. The first kappa shape index (κ1) is 29.1. The van der Waals surface area contributed by atoms with E-state index in [1.807, 2.05) is 19.9 Å². The number of rotatable bonds is 10. The third-order valence-electron chi connectivity index (χ3n) is 3.51. The van der Waals surface area contributed by atoms with E-state index in [4.69, 9.17) is 20.7 Å². The lowest BCUT2D eigenvalue weighted by molar-refractivity contribution is -0.139. The first-order chi connectivity index (χ1) is 13.2. The summed E-state index contributed by atoms with van der Waals surface area (Å²) < 4.78 is 5.08. The van der Waals surface area contributed by atoms with Crippen LogP contribution < -0.4 is 11.1 Å². The van der Waals surface area contributed by atoms with Crippen LogP contribution in [0.2, 0.25) is 0 Å². The molecule has 5 N–H and O–H groups in total. The van der Waals surface area contributed by atoms with Crippen molar-refractivity contribution in [1.82, 2.24) is 5.32 Å². The Balaban J connectivity index is 0. The molecule has 0 spiro atoms. The first-order valence-corrected chi connectivity index (χ1v) is 9.91. The van der Waals surface area contributed by atoms with E-state index in [2.05, 4.69) is 19.2 Å². The summed E-state index contributed by atoms with van der Waals surface area (Å²) in [7, 11) is 0. The highest BCUT2D eigenvalue weighted by Gasteiger charge is 2.18. The van der Waals surface area contributed by atoms with Gasteiger partial charge in [-0.3, -0.25) is 9.59 Å². The van der Waals surface area contributed by atoms with Crippen molar-refractivity contribution < 1.29 is 29.3 Å².